The lowest BCUT2D eigenvalue weighted by molar-refractivity contribution is -0.155. The summed E-state index contributed by atoms with van der Waals surface area (Å²) in [6.07, 6.45) is -0.652. The number of rotatable bonds is 7. The van der Waals surface area contributed by atoms with E-state index in [0.29, 0.717) is 0 Å². The van der Waals surface area contributed by atoms with Crippen molar-refractivity contribution in [2.24, 2.45) is 17.8 Å². The van der Waals surface area contributed by atoms with Crippen LogP contribution >= 0.6 is 15.9 Å². The summed E-state index contributed by atoms with van der Waals surface area (Å²) in [7, 11) is 0. The van der Waals surface area contributed by atoms with Crippen LogP contribution in [0.15, 0.2) is 30.3 Å². The van der Waals surface area contributed by atoms with Gasteiger partial charge in [-0.1, -0.05) is 46.3 Å². The standard InChI is InChI=1S/C22H26BrF2NO5/c1-21(2,3)31-19(28)16(23)18(27)17(13-9-14-15(10-13)22(14,24)25)26-20(29)30-11-12-7-5-4-6-8-12/h4-8,13-17H,9-11H2,1-3H3,(H,26,29). The van der Waals surface area contributed by atoms with E-state index in [1.807, 2.05) is 6.07 Å². The minimum atomic E-state index is -2.71. The zero-order valence-corrected chi connectivity index (χ0v) is 19.2. The van der Waals surface area contributed by atoms with Gasteiger partial charge in [-0.3, -0.25) is 9.59 Å². The van der Waals surface area contributed by atoms with E-state index in [1.54, 1.807) is 45.0 Å². The number of esters is 1. The molecule has 0 radical (unpaired) electrons. The first-order valence-electron chi connectivity index (χ1n) is 10.2. The second-order valence-electron chi connectivity index (χ2n) is 9.10. The number of benzene rings is 1. The van der Waals surface area contributed by atoms with Crippen molar-refractivity contribution in [3.63, 3.8) is 0 Å². The zero-order valence-electron chi connectivity index (χ0n) is 17.6. The quantitative estimate of drug-likeness (QED) is 0.343. The molecule has 9 heteroatoms. The molecule has 0 saturated heterocycles. The predicted molar refractivity (Wildman–Crippen MR) is 112 cm³/mol. The molecule has 1 aromatic rings. The first kappa shape index (κ1) is 23.6. The number of alkyl halides is 3. The molecule has 3 rings (SSSR count). The normalized spacial score (nSPS) is 25.7. The van der Waals surface area contributed by atoms with E-state index in [2.05, 4.69) is 21.2 Å². The number of amides is 1. The maximum atomic E-state index is 13.6. The monoisotopic (exact) mass is 501 g/mol. The third-order valence-electron chi connectivity index (χ3n) is 5.61. The van der Waals surface area contributed by atoms with Crippen molar-refractivity contribution in [1.82, 2.24) is 5.32 Å². The van der Waals surface area contributed by atoms with Crippen LogP contribution < -0.4 is 5.32 Å². The zero-order chi connectivity index (χ0) is 23.0. The van der Waals surface area contributed by atoms with Crippen LogP contribution in [0.2, 0.25) is 0 Å². The minimum absolute atomic E-state index is 0.00855. The van der Waals surface area contributed by atoms with Crippen LogP contribution in [0.3, 0.4) is 0 Å². The van der Waals surface area contributed by atoms with Gasteiger partial charge in [0, 0.05) is 11.8 Å². The van der Waals surface area contributed by atoms with Gasteiger partial charge in [-0.25, -0.2) is 13.6 Å². The Morgan fingerprint density at radius 1 is 1.16 bits per heavy atom. The lowest BCUT2D eigenvalue weighted by atomic mass is 9.89. The van der Waals surface area contributed by atoms with E-state index in [-0.39, 0.29) is 19.4 Å². The number of halogens is 3. The topological polar surface area (TPSA) is 81.7 Å². The van der Waals surface area contributed by atoms with Gasteiger partial charge in [-0.2, -0.15) is 0 Å². The van der Waals surface area contributed by atoms with Gasteiger partial charge in [0.1, 0.15) is 12.2 Å². The summed E-state index contributed by atoms with van der Waals surface area (Å²) in [4.78, 5) is 36.4. The molecule has 0 bridgehead atoms. The number of carbonyl (C=O) groups is 3. The summed E-state index contributed by atoms with van der Waals surface area (Å²) >= 11 is 3.06. The van der Waals surface area contributed by atoms with Crippen LogP contribution in [-0.4, -0.2) is 40.2 Å². The van der Waals surface area contributed by atoms with Gasteiger partial charge in [0.2, 0.25) is 0 Å². The summed E-state index contributed by atoms with van der Waals surface area (Å²) in [6, 6.07) is 7.84. The largest absolute Gasteiger partial charge is 0.459 e. The number of carbonyl (C=O) groups excluding carboxylic acids is 3. The average Bonchev–Trinajstić information content (AvgIpc) is 3.04. The van der Waals surface area contributed by atoms with E-state index in [0.717, 1.165) is 5.56 Å². The molecule has 31 heavy (non-hydrogen) atoms. The van der Waals surface area contributed by atoms with Crippen molar-refractivity contribution in [1.29, 1.82) is 0 Å². The van der Waals surface area contributed by atoms with Crippen LogP contribution in [0.25, 0.3) is 0 Å². The van der Waals surface area contributed by atoms with Gasteiger partial charge in [0.25, 0.3) is 5.92 Å². The molecule has 0 spiro atoms. The Labute approximate surface area is 188 Å². The lowest BCUT2D eigenvalue weighted by Gasteiger charge is -2.28. The predicted octanol–water partition coefficient (Wildman–Crippen LogP) is 4.25. The van der Waals surface area contributed by atoms with Crippen molar-refractivity contribution in [2.45, 2.75) is 62.6 Å². The molecular formula is C22H26BrF2NO5. The van der Waals surface area contributed by atoms with E-state index in [4.69, 9.17) is 9.47 Å². The molecule has 2 aliphatic rings. The molecule has 2 fully saturated rings. The number of ether oxygens (including phenoxy) is 2. The molecule has 4 unspecified atom stereocenters. The summed E-state index contributed by atoms with van der Waals surface area (Å²) in [6.45, 7) is 4.99. The molecule has 2 aliphatic carbocycles. The molecule has 0 aromatic heterocycles. The van der Waals surface area contributed by atoms with Gasteiger partial charge in [-0.15, -0.1) is 0 Å². The highest BCUT2D eigenvalue weighted by Gasteiger charge is 2.72. The van der Waals surface area contributed by atoms with Crippen LogP contribution in [0.4, 0.5) is 13.6 Å². The van der Waals surface area contributed by atoms with Gasteiger partial charge in [0.05, 0.1) is 6.04 Å². The molecule has 1 amide bonds. The number of fused-ring (bicyclic) bond motifs is 1. The minimum Gasteiger partial charge on any atom is -0.459 e. The van der Waals surface area contributed by atoms with Crippen molar-refractivity contribution in [2.75, 3.05) is 0 Å². The Bertz CT molecular complexity index is 828. The van der Waals surface area contributed by atoms with E-state index < -0.39 is 58.0 Å². The lowest BCUT2D eigenvalue weighted by Crippen LogP contribution is -2.51. The van der Waals surface area contributed by atoms with Crippen molar-refractivity contribution in [3.05, 3.63) is 35.9 Å². The van der Waals surface area contributed by atoms with Crippen molar-refractivity contribution >= 4 is 33.8 Å². The summed E-state index contributed by atoms with van der Waals surface area (Å²) in [5, 5.41) is 2.50. The van der Waals surface area contributed by atoms with Gasteiger partial charge < -0.3 is 14.8 Å². The second-order valence-corrected chi connectivity index (χ2v) is 10.0. The number of Topliss-reactive ketones (excluding diaryl/α,β-unsaturated/α-hetero) is 1. The first-order chi connectivity index (χ1) is 14.4. The fourth-order valence-corrected chi connectivity index (χ4v) is 4.44. The van der Waals surface area contributed by atoms with Crippen LogP contribution in [-0.2, 0) is 25.7 Å². The Kier molecular flexibility index (Phi) is 6.74. The molecule has 4 atom stereocenters. The molecule has 170 valence electrons. The summed E-state index contributed by atoms with van der Waals surface area (Å²) < 4.78 is 37.7. The second kappa shape index (κ2) is 8.84. The van der Waals surface area contributed by atoms with Gasteiger partial charge >= 0.3 is 12.1 Å². The van der Waals surface area contributed by atoms with E-state index in [1.165, 1.54) is 0 Å². The first-order valence-corrected chi connectivity index (χ1v) is 11.1. The Morgan fingerprint density at radius 3 is 2.29 bits per heavy atom. The Morgan fingerprint density at radius 2 is 1.74 bits per heavy atom. The number of nitrogens with one attached hydrogen (secondary N) is 1. The molecule has 1 aromatic carbocycles. The van der Waals surface area contributed by atoms with Crippen LogP contribution in [0, 0.1) is 17.8 Å². The SMILES string of the molecule is CC(C)(C)OC(=O)C(Br)C(=O)C(NC(=O)OCc1ccccc1)C1CC2C(C1)C2(F)F. The average molecular weight is 502 g/mol. The van der Waals surface area contributed by atoms with Crippen LogP contribution in [0.5, 0.6) is 0 Å². The van der Waals surface area contributed by atoms with Crippen LogP contribution in [0.1, 0.15) is 39.2 Å². The summed E-state index contributed by atoms with van der Waals surface area (Å²) in [5.74, 6) is -6.23. The van der Waals surface area contributed by atoms with E-state index in [9.17, 15) is 23.2 Å². The maximum Gasteiger partial charge on any atom is 0.408 e. The smallest absolute Gasteiger partial charge is 0.408 e. The van der Waals surface area contributed by atoms with Gasteiger partial charge in [0.15, 0.2) is 10.6 Å². The molecular weight excluding hydrogens is 476 g/mol. The molecule has 1 N–H and O–H groups in total. The number of alkyl carbamates (subject to hydrolysis) is 1. The third kappa shape index (κ3) is 5.61. The van der Waals surface area contributed by atoms with Gasteiger partial charge in [-0.05, 0) is 45.1 Å². The van der Waals surface area contributed by atoms with E-state index >= 15 is 0 Å². The molecule has 0 heterocycles. The van der Waals surface area contributed by atoms with Crippen molar-refractivity contribution in [3.8, 4) is 0 Å². The highest BCUT2D eigenvalue weighted by atomic mass is 79.9. The fourth-order valence-electron chi connectivity index (χ4n) is 4.06. The highest BCUT2D eigenvalue weighted by Crippen LogP contribution is 2.66. The van der Waals surface area contributed by atoms with Crippen molar-refractivity contribution < 1.29 is 32.6 Å². The third-order valence-corrected chi connectivity index (χ3v) is 6.43. The molecule has 6 nitrogen and oxygen atoms in total. The number of hydrogen-bond donors (Lipinski definition) is 1. The number of ketones is 1. The Balaban J connectivity index is 1.67. The number of hydrogen-bond acceptors (Lipinski definition) is 5. The fraction of sp³-hybridized carbons (Fsp3) is 0.591. The highest BCUT2D eigenvalue weighted by molar-refractivity contribution is 9.10. The molecule has 2 saturated carbocycles. The Hall–Kier alpha value is -2.03. The summed E-state index contributed by atoms with van der Waals surface area (Å²) in [5.41, 5.74) is -0.0489. The molecule has 0 aliphatic heterocycles. The maximum absolute atomic E-state index is 13.6.